The van der Waals surface area contributed by atoms with Crippen LogP contribution < -0.4 is 14.8 Å². The first-order valence-corrected chi connectivity index (χ1v) is 7.58. The molecule has 3 rings (SSSR count). The van der Waals surface area contributed by atoms with E-state index >= 15 is 0 Å². The molecule has 0 spiro atoms. The van der Waals surface area contributed by atoms with Crippen molar-refractivity contribution in [2.45, 2.75) is 32.4 Å². The Bertz CT molecular complexity index is 704. The maximum Gasteiger partial charge on any atom is 0.252 e. The summed E-state index contributed by atoms with van der Waals surface area (Å²) in [7, 11) is 3.11. The van der Waals surface area contributed by atoms with Gasteiger partial charge >= 0.3 is 0 Å². The largest absolute Gasteiger partial charge is 0.497 e. The van der Waals surface area contributed by atoms with E-state index in [0.29, 0.717) is 17.1 Å². The zero-order chi connectivity index (χ0) is 16.4. The number of nitrogens with zero attached hydrogens (tertiary/aromatic N) is 3. The van der Waals surface area contributed by atoms with Gasteiger partial charge in [0.2, 0.25) is 0 Å². The molecule has 2 heterocycles. The highest BCUT2D eigenvalue weighted by molar-refractivity contribution is 5.95. The Morgan fingerprint density at radius 1 is 1.22 bits per heavy atom. The highest BCUT2D eigenvalue weighted by Gasteiger charge is 2.23. The Balaban J connectivity index is 1.78. The molecule has 1 aromatic carbocycles. The molecule has 7 heteroatoms. The number of carbonyl (C=O) groups excluding carboxylic acids is 1. The van der Waals surface area contributed by atoms with E-state index in [4.69, 9.17) is 9.47 Å². The molecule has 1 unspecified atom stereocenters. The Hall–Kier alpha value is -2.57. The molecule has 0 aliphatic carbocycles. The number of hydrogen-bond acceptors (Lipinski definition) is 5. The number of aryl methyl sites for hydroxylation is 1. The van der Waals surface area contributed by atoms with E-state index in [1.807, 2.05) is 6.92 Å². The minimum Gasteiger partial charge on any atom is -0.497 e. The molecule has 1 amide bonds. The van der Waals surface area contributed by atoms with E-state index in [9.17, 15) is 4.79 Å². The summed E-state index contributed by atoms with van der Waals surface area (Å²) in [4.78, 5) is 12.5. The fourth-order valence-corrected chi connectivity index (χ4v) is 2.78. The molecule has 2 aromatic rings. The van der Waals surface area contributed by atoms with Gasteiger partial charge in [-0.3, -0.25) is 4.79 Å². The lowest BCUT2D eigenvalue weighted by atomic mass is 10.1. The van der Waals surface area contributed by atoms with Crippen LogP contribution in [0.4, 0.5) is 0 Å². The van der Waals surface area contributed by atoms with Gasteiger partial charge in [-0.2, -0.15) is 0 Å². The zero-order valence-corrected chi connectivity index (χ0v) is 13.5. The van der Waals surface area contributed by atoms with Crippen LogP contribution in [0.15, 0.2) is 18.2 Å². The summed E-state index contributed by atoms with van der Waals surface area (Å²) in [5.41, 5.74) is 0.481. The Kier molecular flexibility index (Phi) is 4.18. The number of carbonyl (C=O) groups is 1. The van der Waals surface area contributed by atoms with Gasteiger partial charge in [0.15, 0.2) is 5.82 Å². The molecule has 1 aliphatic rings. The van der Waals surface area contributed by atoms with E-state index < -0.39 is 0 Å². The lowest BCUT2D eigenvalue weighted by Gasteiger charge is -2.15. The van der Waals surface area contributed by atoms with Gasteiger partial charge in [0.1, 0.15) is 17.3 Å². The topological polar surface area (TPSA) is 78.3 Å². The van der Waals surface area contributed by atoms with E-state index in [0.717, 1.165) is 31.0 Å². The minimum atomic E-state index is -0.223. The highest BCUT2D eigenvalue weighted by Crippen LogP contribution is 2.23. The second-order valence-corrected chi connectivity index (χ2v) is 5.53. The molecule has 0 saturated carbocycles. The van der Waals surface area contributed by atoms with Crippen LogP contribution >= 0.6 is 0 Å². The van der Waals surface area contributed by atoms with Gasteiger partial charge in [-0.05, 0) is 25.5 Å². The fourth-order valence-electron chi connectivity index (χ4n) is 2.78. The van der Waals surface area contributed by atoms with Crippen LogP contribution in [0, 0.1) is 0 Å². The smallest absolute Gasteiger partial charge is 0.252 e. The molecule has 23 heavy (non-hydrogen) atoms. The van der Waals surface area contributed by atoms with Gasteiger partial charge in [-0.15, -0.1) is 10.2 Å². The third kappa shape index (κ3) is 2.99. The molecule has 1 N–H and O–H groups in total. The van der Waals surface area contributed by atoms with Crippen molar-refractivity contribution in [3.63, 3.8) is 0 Å². The van der Waals surface area contributed by atoms with E-state index in [-0.39, 0.29) is 11.9 Å². The van der Waals surface area contributed by atoms with Crippen LogP contribution in [0.1, 0.15) is 41.4 Å². The molecule has 7 nitrogen and oxygen atoms in total. The first kappa shape index (κ1) is 15.3. The second-order valence-electron chi connectivity index (χ2n) is 5.53. The van der Waals surface area contributed by atoms with Gasteiger partial charge in [-0.25, -0.2) is 0 Å². The summed E-state index contributed by atoms with van der Waals surface area (Å²) >= 11 is 0. The number of hydrogen-bond donors (Lipinski definition) is 1. The number of nitrogens with one attached hydrogen (secondary N) is 1. The van der Waals surface area contributed by atoms with Crippen molar-refractivity contribution in [2.75, 3.05) is 14.2 Å². The molecule has 122 valence electrons. The average Bonchev–Trinajstić information content (AvgIpc) is 3.17. The summed E-state index contributed by atoms with van der Waals surface area (Å²) < 4.78 is 12.5. The standard InChI is InChI=1S/C16H20N4O3/c1-10(15-19-18-14-5-4-6-20(14)15)17-16(21)11-7-12(22-2)9-13(8-11)23-3/h7-10H,4-6H2,1-3H3,(H,17,21). The molecule has 0 fully saturated rings. The highest BCUT2D eigenvalue weighted by atomic mass is 16.5. The summed E-state index contributed by atoms with van der Waals surface area (Å²) in [6, 6.07) is 4.86. The number of aromatic nitrogens is 3. The molecule has 0 radical (unpaired) electrons. The van der Waals surface area contributed by atoms with Crippen molar-refractivity contribution in [1.29, 1.82) is 0 Å². The monoisotopic (exact) mass is 316 g/mol. The van der Waals surface area contributed by atoms with Crippen molar-refractivity contribution in [3.05, 3.63) is 35.4 Å². The molecular formula is C16H20N4O3. The quantitative estimate of drug-likeness (QED) is 0.909. The van der Waals surface area contributed by atoms with E-state index in [1.54, 1.807) is 32.4 Å². The van der Waals surface area contributed by atoms with Crippen LogP contribution in [-0.2, 0) is 13.0 Å². The van der Waals surface area contributed by atoms with Crippen LogP contribution in [0.5, 0.6) is 11.5 Å². The number of benzene rings is 1. The number of ether oxygens (including phenoxy) is 2. The van der Waals surface area contributed by atoms with Crippen molar-refractivity contribution < 1.29 is 14.3 Å². The van der Waals surface area contributed by atoms with Crippen LogP contribution in [0.25, 0.3) is 0 Å². The van der Waals surface area contributed by atoms with Crippen molar-refractivity contribution in [2.24, 2.45) is 0 Å². The van der Waals surface area contributed by atoms with E-state index in [1.165, 1.54) is 0 Å². The molecular weight excluding hydrogens is 296 g/mol. The number of amides is 1. The predicted octanol–water partition coefficient (Wildman–Crippen LogP) is 1.73. The lowest BCUT2D eigenvalue weighted by Crippen LogP contribution is -2.28. The number of methoxy groups -OCH3 is 2. The Morgan fingerprint density at radius 2 is 1.91 bits per heavy atom. The van der Waals surface area contributed by atoms with Gasteiger partial charge in [0, 0.05) is 24.6 Å². The normalized spacial score (nSPS) is 14.2. The summed E-state index contributed by atoms with van der Waals surface area (Å²) in [6.07, 6.45) is 2.02. The summed E-state index contributed by atoms with van der Waals surface area (Å²) in [5, 5.41) is 11.3. The van der Waals surface area contributed by atoms with Gasteiger partial charge < -0.3 is 19.4 Å². The Labute approximate surface area is 134 Å². The third-order valence-electron chi connectivity index (χ3n) is 3.99. The minimum absolute atomic E-state index is 0.204. The molecule has 1 aliphatic heterocycles. The van der Waals surface area contributed by atoms with Gasteiger partial charge in [0.25, 0.3) is 5.91 Å². The molecule has 0 bridgehead atoms. The predicted molar refractivity (Wildman–Crippen MR) is 83.8 cm³/mol. The van der Waals surface area contributed by atoms with Crippen molar-refractivity contribution >= 4 is 5.91 Å². The lowest BCUT2D eigenvalue weighted by molar-refractivity contribution is 0.0937. The van der Waals surface area contributed by atoms with Crippen molar-refractivity contribution in [3.8, 4) is 11.5 Å². The van der Waals surface area contributed by atoms with Crippen molar-refractivity contribution in [1.82, 2.24) is 20.1 Å². The van der Waals surface area contributed by atoms with E-state index in [2.05, 4.69) is 20.1 Å². The average molecular weight is 316 g/mol. The number of rotatable bonds is 5. The number of fused-ring (bicyclic) bond motifs is 1. The maximum absolute atomic E-state index is 12.5. The zero-order valence-electron chi connectivity index (χ0n) is 13.5. The molecule has 1 atom stereocenters. The SMILES string of the molecule is COc1cc(OC)cc(C(=O)NC(C)c2nnc3n2CCC3)c1. The summed E-state index contributed by atoms with van der Waals surface area (Å²) in [6.45, 7) is 2.82. The van der Waals surface area contributed by atoms with Crippen LogP contribution in [-0.4, -0.2) is 34.9 Å². The fraction of sp³-hybridized carbons (Fsp3) is 0.438. The first-order valence-electron chi connectivity index (χ1n) is 7.58. The maximum atomic E-state index is 12.5. The van der Waals surface area contributed by atoms with Crippen LogP contribution in [0.3, 0.4) is 0 Å². The first-order chi connectivity index (χ1) is 11.1. The van der Waals surface area contributed by atoms with Gasteiger partial charge in [0.05, 0.1) is 20.3 Å². The van der Waals surface area contributed by atoms with Crippen LogP contribution in [0.2, 0.25) is 0 Å². The second kappa shape index (κ2) is 6.28. The molecule has 1 aromatic heterocycles. The van der Waals surface area contributed by atoms with Gasteiger partial charge in [-0.1, -0.05) is 0 Å². The Morgan fingerprint density at radius 3 is 2.57 bits per heavy atom. The third-order valence-corrected chi connectivity index (χ3v) is 3.99. The molecule has 0 saturated heterocycles. The summed E-state index contributed by atoms with van der Waals surface area (Å²) in [5.74, 6) is 2.73.